The van der Waals surface area contributed by atoms with Crippen molar-refractivity contribution >= 4 is 128 Å². The Morgan fingerprint density at radius 3 is 0.580 bits per heavy atom. The minimum atomic E-state index is -4.76. The lowest BCUT2D eigenvalue weighted by molar-refractivity contribution is -0.137. The van der Waals surface area contributed by atoms with E-state index in [0.29, 0.717) is 17.9 Å². The van der Waals surface area contributed by atoms with Gasteiger partial charge in [0.15, 0.2) is 0 Å². The molecule has 0 heterocycles. The van der Waals surface area contributed by atoms with Crippen LogP contribution >= 0.6 is 63.7 Å². The van der Waals surface area contributed by atoms with Gasteiger partial charge < -0.3 is 37.2 Å². The van der Waals surface area contributed by atoms with Crippen LogP contribution in [0.3, 0.4) is 0 Å². The van der Waals surface area contributed by atoms with Crippen LogP contribution in [0.25, 0.3) is 0 Å². The smallest absolute Gasteiger partial charge is 0.339 e. The van der Waals surface area contributed by atoms with Crippen LogP contribution in [0.2, 0.25) is 0 Å². The lowest BCUT2D eigenvalue weighted by atomic mass is 9.82. The van der Waals surface area contributed by atoms with E-state index in [1.165, 1.54) is 146 Å². The molecule has 0 fully saturated rings. The van der Waals surface area contributed by atoms with E-state index in [1.54, 1.807) is 0 Å². The van der Waals surface area contributed by atoms with Gasteiger partial charge in [0.2, 0.25) is 0 Å². The number of aliphatic carboxylic acids is 4. The zero-order valence-electron chi connectivity index (χ0n) is 45.0. The molecule has 20 nitrogen and oxygen atoms in total. The first kappa shape index (κ1) is 65.0. The predicted molar refractivity (Wildman–Crippen MR) is 330 cm³/mol. The molecular formula is C60H44Br4O20S4. The van der Waals surface area contributed by atoms with E-state index in [1.807, 2.05) is 0 Å². The molecule has 28 heteroatoms. The first-order valence-corrected chi connectivity index (χ1v) is 34.5. The second-order valence-electron chi connectivity index (χ2n) is 19.8. The molecule has 88 heavy (non-hydrogen) atoms. The molecule has 8 aromatic rings. The third-order valence-corrected chi connectivity index (χ3v) is 20.9. The normalized spacial score (nSPS) is 12.6. The highest BCUT2D eigenvalue weighted by atomic mass is 79.9. The molecule has 1 aliphatic rings. The number of halogens is 4. The predicted octanol–water partition coefficient (Wildman–Crippen LogP) is 11.0. The Morgan fingerprint density at radius 1 is 0.295 bits per heavy atom. The Bertz CT molecular complexity index is 3920. The maximum Gasteiger partial charge on any atom is 0.339 e. The maximum atomic E-state index is 14.2. The first-order chi connectivity index (χ1) is 41.4. The van der Waals surface area contributed by atoms with Crippen molar-refractivity contribution in [2.45, 2.75) is 70.9 Å². The van der Waals surface area contributed by atoms with Crippen LogP contribution in [0.1, 0.15) is 66.8 Å². The molecule has 0 aliphatic heterocycles. The molecule has 0 saturated carbocycles. The number of benzene rings is 8. The van der Waals surface area contributed by atoms with Crippen molar-refractivity contribution in [1.29, 1.82) is 0 Å². The highest BCUT2D eigenvalue weighted by Gasteiger charge is 2.30. The molecule has 0 spiro atoms. The van der Waals surface area contributed by atoms with E-state index in [0.717, 1.165) is 0 Å². The summed E-state index contributed by atoms with van der Waals surface area (Å²) in [5.74, 6) is -7.60. The standard InChI is InChI=1S/C60H44Br4O20S4/c61-41-1-9-49(10-2-41)85(73,74)81-45-21-33-17-35-23-46(82-86(75,76)50-11-3-42(62)4-12-50)25-37(54(35)30-58(67)68)19-39-27-48(84-88(79,80)52-15-7-44(64)8-16-52)28-40(56(39)32-60(71)72)20-38-26-47(83-87(77,78)51-13-5-43(63)6-14-51)24-36(55(38)31-59(69)70)18-34(22-45)53(33)29-57(65)66/h1-16,21-28H,17-20,29-32H2,(H,65,66)(H,67,68)(H,69,70)(H,71,72). The van der Waals surface area contributed by atoms with Crippen LogP contribution in [0, 0.1) is 0 Å². The van der Waals surface area contributed by atoms with Gasteiger partial charge in [0.1, 0.15) is 42.6 Å². The Labute approximate surface area is 537 Å². The molecule has 0 saturated heterocycles. The van der Waals surface area contributed by atoms with Crippen LogP contribution in [0.15, 0.2) is 183 Å². The van der Waals surface area contributed by atoms with Gasteiger partial charge >= 0.3 is 64.3 Å². The Kier molecular flexibility index (Phi) is 19.5. The topological polar surface area (TPSA) is 323 Å². The summed E-state index contributed by atoms with van der Waals surface area (Å²) in [5, 5.41) is 42.8. The summed E-state index contributed by atoms with van der Waals surface area (Å²) in [4.78, 5) is 51.3. The fourth-order valence-corrected chi connectivity index (χ4v) is 14.7. The van der Waals surface area contributed by atoms with E-state index in [-0.39, 0.29) is 86.3 Å². The largest absolute Gasteiger partial charge is 0.481 e. The van der Waals surface area contributed by atoms with Crippen molar-refractivity contribution in [3.8, 4) is 23.0 Å². The van der Waals surface area contributed by atoms with Crippen molar-refractivity contribution in [3.05, 3.63) is 230 Å². The van der Waals surface area contributed by atoms with Crippen molar-refractivity contribution in [3.63, 3.8) is 0 Å². The lowest BCUT2D eigenvalue weighted by Gasteiger charge is -2.24. The number of fused-ring (bicyclic) bond motifs is 8. The molecule has 1 aliphatic carbocycles. The van der Waals surface area contributed by atoms with Gasteiger partial charge in [0, 0.05) is 17.9 Å². The zero-order valence-corrected chi connectivity index (χ0v) is 54.6. The summed E-state index contributed by atoms with van der Waals surface area (Å²) in [6, 6.07) is 30.7. The Balaban J connectivity index is 1.40. The third kappa shape index (κ3) is 15.9. The van der Waals surface area contributed by atoms with E-state index in [9.17, 15) is 73.3 Å². The van der Waals surface area contributed by atoms with Crippen LogP contribution < -0.4 is 16.7 Å². The monoisotopic (exact) mass is 1530 g/mol. The van der Waals surface area contributed by atoms with Gasteiger partial charge in [-0.15, -0.1) is 0 Å². The molecule has 0 amide bonds. The fraction of sp³-hybridized carbons (Fsp3) is 0.133. The second kappa shape index (κ2) is 26.3. The van der Waals surface area contributed by atoms with E-state index < -0.39 is 139 Å². The van der Waals surface area contributed by atoms with E-state index >= 15 is 0 Å². The fourth-order valence-electron chi connectivity index (χ4n) is 9.95. The van der Waals surface area contributed by atoms with Gasteiger partial charge in [-0.05, 0) is 238 Å². The van der Waals surface area contributed by atoms with Crippen molar-refractivity contribution in [2.75, 3.05) is 0 Å². The van der Waals surface area contributed by atoms with Crippen molar-refractivity contribution in [2.24, 2.45) is 0 Å². The van der Waals surface area contributed by atoms with Crippen LogP contribution in [-0.2, 0) is 111 Å². The number of carbonyl (C=O) groups is 4. The summed E-state index contributed by atoms with van der Waals surface area (Å²) in [5.41, 5.74) is -0.773. The van der Waals surface area contributed by atoms with Crippen molar-refractivity contribution < 1.29 is 90.0 Å². The van der Waals surface area contributed by atoms with Crippen molar-refractivity contribution in [1.82, 2.24) is 0 Å². The molecule has 0 radical (unpaired) electrons. The first-order valence-electron chi connectivity index (χ1n) is 25.7. The molecular weight excluding hydrogens is 1490 g/mol. The summed E-state index contributed by atoms with van der Waals surface area (Å²) in [6.45, 7) is 0. The molecule has 8 aromatic carbocycles. The number of hydrogen-bond acceptors (Lipinski definition) is 16. The summed E-state index contributed by atoms with van der Waals surface area (Å²) in [7, 11) is -19.0. The molecule has 9 rings (SSSR count). The van der Waals surface area contributed by atoms with Gasteiger partial charge in [-0.25, -0.2) is 0 Å². The summed E-state index contributed by atoms with van der Waals surface area (Å²) < 4.78 is 139. The zero-order chi connectivity index (χ0) is 63.6. The average Bonchev–Trinajstić information content (AvgIpc) is 3.27. The SMILES string of the molecule is O=C(O)Cc1c2cc(OS(=O)(=O)c3ccc(Br)cc3)cc1Cc1cc(OS(=O)(=O)c3ccc(Br)cc3)cc(c1CC(=O)O)Cc1cc(OS(=O)(=O)c3ccc(Br)cc3)cc(c1CC(=O)O)Cc1cc(OS(=O)(=O)c3ccc(Br)cc3)cc(c1CC(=O)O)C2. The Hall–Kier alpha value is -7.44. The number of carboxylic acids is 4. The number of rotatable bonds is 20. The molecule has 0 aromatic heterocycles. The second-order valence-corrected chi connectivity index (χ2v) is 29.7. The average molecular weight is 1530 g/mol. The van der Waals surface area contributed by atoms with Gasteiger partial charge in [0.25, 0.3) is 0 Å². The highest BCUT2D eigenvalue weighted by molar-refractivity contribution is 9.11. The number of hydrogen-bond donors (Lipinski definition) is 4. The molecule has 456 valence electrons. The molecule has 0 unspecified atom stereocenters. The van der Waals surface area contributed by atoms with Crippen LogP contribution in [0.4, 0.5) is 0 Å². The molecule has 4 N–H and O–H groups in total. The maximum absolute atomic E-state index is 14.2. The number of carboxylic acid groups (broad SMARTS) is 4. The Morgan fingerprint density at radius 2 is 0.443 bits per heavy atom. The van der Waals surface area contributed by atoms with Crippen LogP contribution in [-0.4, -0.2) is 78.0 Å². The minimum Gasteiger partial charge on any atom is -0.481 e. The lowest BCUT2D eigenvalue weighted by Crippen LogP contribution is -2.17. The third-order valence-electron chi connectivity index (χ3n) is 13.7. The molecule has 8 bridgehead atoms. The quantitative estimate of drug-likeness (QED) is 0.0515. The van der Waals surface area contributed by atoms with E-state index in [4.69, 9.17) is 16.7 Å². The van der Waals surface area contributed by atoms with Crippen LogP contribution in [0.5, 0.6) is 23.0 Å². The highest BCUT2D eigenvalue weighted by Crippen LogP contribution is 2.40. The van der Waals surface area contributed by atoms with Gasteiger partial charge in [-0.3, -0.25) is 19.2 Å². The summed E-state index contributed by atoms with van der Waals surface area (Å²) in [6.07, 6.45) is -5.71. The van der Waals surface area contributed by atoms with Gasteiger partial charge in [0.05, 0.1) is 25.7 Å². The summed E-state index contributed by atoms with van der Waals surface area (Å²) >= 11 is 13.1. The minimum absolute atomic E-state index is 0.0638. The van der Waals surface area contributed by atoms with E-state index in [2.05, 4.69) is 63.7 Å². The van der Waals surface area contributed by atoms with Gasteiger partial charge in [-0.1, -0.05) is 63.7 Å². The van der Waals surface area contributed by atoms with Gasteiger partial charge in [-0.2, -0.15) is 33.7 Å². The molecule has 0 atom stereocenters.